The first-order chi connectivity index (χ1) is 10.2. The van der Waals surface area contributed by atoms with E-state index in [0.717, 1.165) is 32.2 Å². The predicted octanol–water partition coefficient (Wildman–Crippen LogP) is 5.29. The van der Waals surface area contributed by atoms with Crippen LogP contribution in [-0.4, -0.2) is 6.54 Å². The van der Waals surface area contributed by atoms with Gasteiger partial charge < -0.3 is 5.32 Å². The third-order valence-corrected chi connectivity index (χ3v) is 4.09. The molecule has 3 heteroatoms. The number of benzene rings is 1. The Hall–Kier alpha value is -1.22. The van der Waals surface area contributed by atoms with Gasteiger partial charge in [0.05, 0.1) is 6.04 Å². The Balaban J connectivity index is 2.30. The number of hydrogen-bond acceptors (Lipinski definition) is 1. The lowest BCUT2D eigenvalue weighted by molar-refractivity contribution is 0.471. The van der Waals surface area contributed by atoms with Gasteiger partial charge >= 0.3 is 0 Å². The smallest absolute Gasteiger partial charge is 0.163 e. The average molecular weight is 293 g/mol. The van der Waals surface area contributed by atoms with Crippen LogP contribution < -0.4 is 5.32 Å². The van der Waals surface area contributed by atoms with Crippen molar-refractivity contribution in [2.45, 2.75) is 57.9 Å². The molecule has 1 aliphatic rings. The second kappa shape index (κ2) is 8.28. The first-order valence-electron chi connectivity index (χ1n) is 8.10. The molecule has 21 heavy (non-hydrogen) atoms. The highest BCUT2D eigenvalue weighted by molar-refractivity contribution is 5.30. The van der Waals surface area contributed by atoms with Crippen molar-refractivity contribution < 1.29 is 8.78 Å². The molecule has 0 saturated carbocycles. The first-order valence-corrected chi connectivity index (χ1v) is 8.10. The van der Waals surface area contributed by atoms with Gasteiger partial charge in [-0.3, -0.25) is 0 Å². The Morgan fingerprint density at radius 3 is 2.76 bits per heavy atom. The van der Waals surface area contributed by atoms with E-state index in [9.17, 15) is 8.78 Å². The van der Waals surface area contributed by atoms with E-state index in [1.165, 1.54) is 30.9 Å². The molecule has 1 atom stereocenters. The lowest BCUT2D eigenvalue weighted by Crippen LogP contribution is -2.25. The highest BCUT2D eigenvalue weighted by Gasteiger charge is 2.21. The van der Waals surface area contributed by atoms with Crippen LogP contribution in [-0.2, 0) is 0 Å². The minimum absolute atomic E-state index is 0.196. The molecule has 0 spiro atoms. The van der Waals surface area contributed by atoms with E-state index in [4.69, 9.17) is 0 Å². The van der Waals surface area contributed by atoms with Crippen molar-refractivity contribution in [2.24, 2.45) is 0 Å². The van der Waals surface area contributed by atoms with Gasteiger partial charge in [-0.25, -0.2) is 8.78 Å². The Morgan fingerprint density at radius 2 is 1.95 bits per heavy atom. The van der Waals surface area contributed by atoms with Gasteiger partial charge in [0.25, 0.3) is 0 Å². The normalized spacial score (nSPS) is 20.2. The van der Waals surface area contributed by atoms with E-state index >= 15 is 0 Å². The van der Waals surface area contributed by atoms with Crippen molar-refractivity contribution >= 4 is 0 Å². The van der Waals surface area contributed by atoms with Crippen LogP contribution in [0.15, 0.2) is 29.8 Å². The standard InChI is InChI=1S/C18H25F2N/c1-2-13-21-18(14-9-6-4-3-5-7-10-14)15-11-8-12-16(19)17(15)20/h8-9,11-12,18,21H,2-7,10,13H2,1H3/b14-9+. The van der Waals surface area contributed by atoms with Crippen molar-refractivity contribution in [1.29, 1.82) is 0 Å². The molecule has 1 nitrogen and oxygen atoms in total. The molecule has 1 unspecified atom stereocenters. The Labute approximate surface area is 126 Å². The largest absolute Gasteiger partial charge is 0.306 e. The van der Waals surface area contributed by atoms with Gasteiger partial charge in [-0.15, -0.1) is 0 Å². The monoisotopic (exact) mass is 293 g/mol. The van der Waals surface area contributed by atoms with E-state index < -0.39 is 11.6 Å². The van der Waals surface area contributed by atoms with Crippen molar-refractivity contribution in [3.05, 3.63) is 47.0 Å². The fraction of sp³-hybridized carbons (Fsp3) is 0.556. The third-order valence-electron chi connectivity index (χ3n) is 4.09. The first kappa shape index (κ1) is 16.2. The summed E-state index contributed by atoms with van der Waals surface area (Å²) in [6.45, 7) is 2.89. The van der Waals surface area contributed by atoms with Gasteiger partial charge in [-0.2, -0.15) is 0 Å². The maximum absolute atomic E-state index is 14.2. The van der Waals surface area contributed by atoms with Crippen molar-refractivity contribution in [3.63, 3.8) is 0 Å². The maximum atomic E-state index is 14.2. The molecule has 0 aliphatic heterocycles. The highest BCUT2D eigenvalue weighted by atomic mass is 19.2. The predicted molar refractivity (Wildman–Crippen MR) is 83.2 cm³/mol. The molecule has 0 radical (unpaired) electrons. The van der Waals surface area contributed by atoms with Crippen LogP contribution in [0.1, 0.15) is 63.5 Å². The van der Waals surface area contributed by atoms with Crippen molar-refractivity contribution in [1.82, 2.24) is 5.32 Å². The summed E-state index contributed by atoms with van der Waals surface area (Å²) in [5, 5.41) is 3.40. The van der Waals surface area contributed by atoms with Crippen molar-refractivity contribution in [2.75, 3.05) is 6.54 Å². The molecule has 1 aromatic carbocycles. The van der Waals surface area contributed by atoms with Gasteiger partial charge in [0.2, 0.25) is 0 Å². The van der Waals surface area contributed by atoms with Gasteiger partial charge in [0, 0.05) is 5.56 Å². The Morgan fingerprint density at radius 1 is 1.14 bits per heavy atom. The fourth-order valence-electron chi connectivity index (χ4n) is 2.95. The second-order valence-corrected chi connectivity index (χ2v) is 5.76. The number of hydrogen-bond donors (Lipinski definition) is 1. The maximum Gasteiger partial charge on any atom is 0.163 e. The molecule has 1 N–H and O–H groups in total. The lowest BCUT2D eigenvalue weighted by atomic mass is 9.90. The Bertz CT molecular complexity index is 482. The van der Waals surface area contributed by atoms with E-state index in [2.05, 4.69) is 18.3 Å². The van der Waals surface area contributed by atoms with Crippen LogP contribution in [0.3, 0.4) is 0 Å². The van der Waals surface area contributed by atoms with Gasteiger partial charge in [-0.05, 0) is 44.7 Å². The summed E-state index contributed by atoms with van der Waals surface area (Å²) in [6.07, 6.45) is 10.0. The molecule has 1 aliphatic carbocycles. The Kier molecular flexibility index (Phi) is 6.37. The minimum atomic E-state index is -0.762. The van der Waals surface area contributed by atoms with Crippen LogP contribution in [0, 0.1) is 11.6 Å². The number of allylic oxidation sites excluding steroid dienone is 1. The summed E-state index contributed by atoms with van der Waals surface area (Å²) in [6, 6.07) is 4.28. The van der Waals surface area contributed by atoms with E-state index in [1.807, 2.05) is 0 Å². The zero-order chi connectivity index (χ0) is 15.1. The second-order valence-electron chi connectivity index (χ2n) is 5.76. The number of rotatable bonds is 5. The van der Waals surface area contributed by atoms with Crippen LogP contribution in [0.25, 0.3) is 0 Å². The van der Waals surface area contributed by atoms with Crippen LogP contribution in [0.5, 0.6) is 0 Å². The molecule has 1 aromatic rings. The van der Waals surface area contributed by atoms with E-state index in [1.54, 1.807) is 12.1 Å². The van der Waals surface area contributed by atoms with Crippen LogP contribution >= 0.6 is 0 Å². The van der Waals surface area contributed by atoms with Crippen molar-refractivity contribution in [3.8, 4) is 0 Å². The molecule has 116 valence electrons. The van der Waals surface area contributed by atoms with Gasteiger partial charge in [0.1, 0.15) is 0 Å². The summed E-state index contributed by atoms with van der Waals surface area (Å²) in [4.78, 5) is 0. The van der Waals surface area contributed by atoms with E-state index in [-0.39, 0.29) is 6.04 Å². The minimum Gasteiger partial charge on any atom is -0.306 e. The average Bonchev–Trinajstić information content (AvgIpc) is 2.44. The zero-order valence-corrected chi connectivity index (χ0v) is 12.8. The summed E-state index contributed by atoms with van der Waals surface area (Å²) >= 11 is 0. The third kappa shape index (κ3) is 4.37. The number of halogens is 2. The molecule has 0 aromatic heterocycles. The molecular formula is C18H25F2N. The molecule has 0 fully saturated rings. The molecular weight excluding hydrogens is 268 g/mol. The quantitative estimate of drug-likeness (QED) is 0.728. The molecule has 0 bridgehead atoms. The number of nitrogens with one attached hydrogen (secondary N) is 1. The molecule has 2 rings (SSSR count). The van der Waals surface area contributed by atoms with Crippen LogP contribution in [0.2, 0.25) is 0 Å². The summed E-state index contributed by atoms with van der Waals surface area (Å²) in [5.74, 6) is -1.48. The summed E-state index contributed by atoms with van der Waals surface area (Å²) < 4.78 is 27.7. The fourth-order valence-corrected chi connectivity index (χ4v) is 2.95. The molecule has 0 saturated heterocycles. The van der Waals surface area contributed by atoms with Gasteiger partial charge in [-0.1, -0.05) is 43.5 Å². The highest BCUT2D eigenvalue weighted by Crippen LogP contribution is 2.31. The van der Waals surface area contributed by atoms with Crippen LogP contribution in [0.4, 0.5) is 8.78 Å². The molecule has 0 amide bonds. The molecule has 0 heterocycles. The topological polar surface area (TPSA) is 12.0 Å². The lowest BCUT2D eigenvalue weighted by Gasteiger charge is -2.24. The van der Waals surface area contributed by atoms with E-state index in [0.29, 0.717) is 5.56 Å². The summed E-state index contributed by atoms with van der Waals surface area (Å²) in [7, 11) is 0. The SMILES string of the molecule is CCCNC(/C1=C/CCCCCC1)c1cccc(F)c1F. The zero-order valence-electron chi connectivity index (χ0n) is 12.8. The summed E-state index contributed by atoms with van der Waals surface area (Å²) in [5.41, 5.74) is 1.66. The van der Waals surface area contributed by atoms with Gasteiger partial charge in [0.15, 0.2) is 11.6 Å².